The number of para-hydroxylation sites is 9. The molecule has 0 fully saturated rings. The molecule has 4 aromatic heterocycles. The minimum atomic E-state index is 0.852. The van der Waals surface area contributed by atoms with Gasteiger partial charge in [0.1, 0.15) is 22.3 Å². The average Bonchev–Trinajstić information content (AvgIpc) is 1.58. The van der Waals surface area contributed by atoms with Crippen LogP contribution in [0.15, 0.2) is 470 Å². The third kappa shape index (κ3) is 12.1. The van der Waals surface area contributed by atoms with Gasteiger partial charge in [0.25, 0.3) is 0 Å². The van der Waals surface area contributed by atoms with Gasteiger partial charge in [-0.15, -0.1) is 0 Å². The van der Waals surface area contributed by atoms with E-state index in [1.807, 2.05) is 6.07 Å². The normalized spacial score (nSPS) is 11.8. The standard InChI is InChI=1S/C120H76N4O2/c1-2-21-77(22-3-1)78-47-58-91(59-48-78)122(94-64-53-81(54-65-94)100-26-5-12-37-112(100)124-115-40-15-8-29-105(115)106-30-9-16-41-116(106)124)96-67-69-98-90(75-96)46-45-87-73-89(56-68-97(87)98)102-33-20-35-109-110-76-86(57-70-118(110)126-120(102)109)83-24-18-23-82(71-83)79-49-60-92(61-50-79)121(95-66-55-84-72-88(44-43-85(84)74-95)101-32-19-34-108-107-31-10-17-42-117(107)125-119(101)108)93-62-51-80(52-63-93)99-25-4-11-36-111(99)123-113-38-13-6-27-103(113)104-28-7-14-39-114(104)123/h1-76H. The third-order valence-corrected chi connectivity index (χ3v) is 25.9. The molecule has 25 rings (SSSR count). The van der Waals surface area contributed by atoms with Crippen LogP contribution < -0.4 is 9.80 Å². The molecular formula is C120H76N4O2. The van der Waals surface area contributed by atoms with E-state index in [1.165, 1.54) is 71.1 Å². The Morgan fingerprint density at radius 2 is 0.476 bits per heavy atom. The predicted molar refractivity (Wildman–Crippen MR) is 530 cm³/mol. The van der Waals surface area contributed by atoms with Crippen molar-refractivity contribution in [3.8, 4) is 89.3 Å². The summed E-state index contributed by atoms with van der Waals surface area (Å²) in [5.41, 5.74) is 32.7. The van der Waals surface area contributed by atoms with Gasteiger partial charge >= 0.3 is 0 Å². The van der Waals surface area contributed by atoms with Crippen molar-refractivity contribution >= 4 is 154 Å². The van der Waals surface area contributed by atoms with Gasteiger partial charge in [0.05, 0.1) is 33.4 Å². The molecule has 0 amide bonds. The Bertz CT molecular complexity index is 8540. The fourth-order valence-corrected chi connectivity index (χ4v) is 19.9. The second-order valence-electron chi connectivity index (χ2n) is 33.0. The van der Waals surface area contributed by atoms with Crippen molar-refractivity contribution in [1.82, 2.24) is 9.13 Å². The summed E-state index contributed by atoms with van der Waals surface area (Å²) >= 11 is 0. The van der Waals surface area contributed by atoms with Crippen LogP contribution in [-0.4, -0.2) is 9.13 Å². The van der Waals surface area contributed by atoms with Crippen LogP contribution >= 0.6 is 0 Å². The first-order chi connectivity index (χ1) is 62.4. The molecule has 0 aliphatic rings. The van der Waals surface area contributed by atoms with Gasteiger partial charge in [-0.1, -0.05) is 315 Å². The quantitative estimate of drug-likeness (QED) is 0.0960. The van der Waals surface area contributed by atoms with Gasteiger partial charge in [-0.25, -0.2) is 0 Å². The van der Waals surface area contributed by atoms with Crippen LogP contribution in [0.4, 0.5) is 34.1 Å². The van der Waals surface area contributed by atoms with E-state index < -0.39 is 0 Å². The van der Waals surface area contributed by atoms with E-state index in [0.717, 1.165) is 172 Å². The first kappa shape index (κ1) is 72.1. The third-order valence-electron chi connectivity index (χ3n) is 25.9. The topological polar surface area (TPSA) is 42.6 Å². The summed E-state index contributed by atoms with van der Waals surface area (Å²) in [6.45, 7) is 0. The van der Waals surface area contributed by atoms with Gasteiger partial charge in [-0.05, 0) is 234 Å². The molecule has 0 unspecified atom stereocenters. The molecule has 6 nitrogen and oxygen atoms in total. The molecule has 126 heavy (non-hydrogen) atoms. The van der Waals surface area contributed by atoms with Gasteiger partial charge in [0.2, 0.25) is 0 Å². The summed E-state index contributed by atoms with van der Waals surface area (Å²) in [4.78, 5) is 4.77. The zero-order valence-electron chi connectivity index (χ0n) is 68.5. The molecule has 0 aliphatic heterocycles. The first-order valence-corrected chi connectivity index (χ1v) is 43.1. The van der Waals surface area contributed by atoms with Crippen LogP contribution in [0.25, 0.3) is 209 Å². The molecule has 0 aliphatic carbocycles. The van der Waals surface area contributed by atoms with Crippen LogP contribution in [0.1, 0.15) is 0 Å². The second-order valence-corrected chi connectivity index (χ2v) is 33.0. The van der Waals surface area contributed by atoms with Crippen molar-refractivity contribution in [3.63, 3.8) is 0 Å². The lowest BCUT2D eigenvalue weighted by atomic mass is 9.95. The van der Waals surface area contributed by atoms with E-state index in [4.69, 9.17) is 8.83 Å². The minimum absolute atomic E-state index is 0.852. The molecule has 21 aromatic carbocycles. The maximum absolute atomic E-state index is 6.93. The second kappa shape index (κ2) is 29.5. The van der Waals surface area contributed by atoms with Gasteiger partial charge in [0, 0.05) is 99.5 Å². The van der Waals surface area contributed by atoms with Gasteiger partial charge in [-0.3, -0.25) is 0 Å². The van der Waals surface area contributed by atoms with E-state index in [-0.39, 0.29) is 0 Å². The van der Waals surface area contributed by atoms with Crippen LogP contribution in [0.5, 0.6) is 0 Å². The lowest BCUT2D eigenvalue weighted by Gasteiger charge is -2.26. The van der Waals surface area contributed by atoms with E-state index >= 15 is 0 Å². The van der Waals surface area contributed by atoms with Crippen molar-refractivity contribution in [2.75, 3.05) is 9.80 Å². The summed E-state index contributed by atoms with van der Waals surface area (Å²) in [7, 11) is 0. The number of hydrogen-bond acceptors (Lipinski definition) is 4. The maximum atomic E-state index is 6.93. The van der Waals surface area contributed by atoms with Crippen LogP contribution in [-0.2, 0) is 0 Å². The minimum Gasteiger partial charge on any atom is -0.455 e. The Balaban J connectivity index is 0.517. The van der Waals surface area contributed by atoms with Crippen molar-refractivity contribution in [3.05, 3.63) is 461 Å². The Hall–Kier alpha value is -16.8. The van der Waals surface area contributed by atoms with Crippen molar-refractivity contribution in [2.24, 2.45) is 0 Å². The summed E-state index contributed by atoms with van der Waals surface area (Å²) in [6.07, 6.45) is 0. The highest BCUT2D eigenvalue weighted by Crippen LogP contribution is 2.48. The molecule has 0 saturated carbocycles. The fraction of sp³-hybridized carbons (Fsp3) is 0. The van der Waals surface area contributed by atoms with Gasteiger partial charge in [0.15, 0.2) is 0 Å². The monoisotopic (exact) mass is 1600 g/mol. The van der Waals surface area contributed by atoms with Crippen LogP contribution in [0, 0.1) is 0 Å². The largest absolute Gasteiger partial charge is 0.455 e. The molecule has 0 spiro atoms. The fourth-order valence-electron chi connectivity index (χ4n) is 19.9. The lowest BCUT2D eigenvalue weighted by Crippen LogP contribution is -2.10. The van der Waals surface area contributed by atoms with E-state index in [2.05, 4.69) is 474 Å². The number of nitrogens with zero attached hydrogens (tertiary/aromatic N) is 4. The summed E-state index contributed by atoms with van der Waals surface area (Å²) in [5.74, 6) is 0. The summed E-state index contributed by atoms with van der Waals surface area (Å²) in [6, 6.07) is 168. The van der Waals surface area contributed by atoms with Crippen molar-refractivity contribution in [2.45, 2.75) is 0 Å². The highest BCUT2D eigenvalue weighted by molar-refractivity contribution is 6.16. The van der Waals surface area contributed by atoms with Gasteiger partial charge < -0.3 is 27.8 Å². The molecule has 0 atom stereocenters. The number of aromatic nitrogens is 2. The number of furan rings is 2. The van der Waals surface area contributed by atoms with Gasteiger partial charge in [-0.2, -0.15) is 0 Å². The number of benzene rings is 21. The van der Waals surface area contributed by atoms with E-state index in [1.54, 1.807) is 0 Å². The summed E-state index contributed by atoms with van der Waals surface area (Å²) in [5, 5.41) is 16.4. The predicted octanol–water partition coefficient (Wildman–Crippen LogP) is 33.7. The average molecular weight is 1610 g/mol. The van der Waals surface area contributed by atoms with Crippen molar-refractivity contribution in [1.29, 1.82) is 0 Å². The smallest absolute Gasteiger partial charge is 0.143 e. The number of anilines is 6. The Kier molecular flexibility index (Phi) is 16.9. The van der Waals surface area contributed by atoms with E-state index in [0.29, 0.717) is 0 Å². The molecule has 0 N–H and O–H groups in total. The number of fused-ring (bicyclic) bond motifs is 16. The highest BCUT2D eigenvalue weighted by Gasteiger charge is 2.24. The maximum Gasteiger partial charge on any atom is 0.143 e. The molecule has 0 radical (unpaired) electrons. The molecule has 6 heteroatoms. The van der Waals surface area contributed by atoms with Crippen LogP contribution in [0.2, 0.25) is 0 Å². The number of hydrogen-bond donors (Lipinski definition) is 0. The molecule has 0 bridgehead atoms. The molecule has 4 heterocycles. The van der Waals surface area contributed by atoms with E-state index in [9.17, 15) is 0 Å². The number of rotatable bonds is 15. The highest BCUT2D eigenvalue weighted by atomic mass is 16.3. The molecular weight excluding hydrogens is 1530 g/mol. The Morgan fingerprint density at radius 1 is 0.159 bits per heavy atom. The lowest BCUT2D eigenvalue weighted by molar-refractivity contribution is 0.669. The first-order valence-electron chi connectivity index (χ1n) is 43.1. The molecule has 25 aromatic rings. The van der Waals surface area contributed by atoms with Crippen molar-refractivity contribution < 1.29 is 8.83 Å². The Labute approximate surface area is 727 Å². The summed E-state index contributed by atoms with van der Waals surface area (Å²) < 4.78 is 18.3. The Morgan fingerprint density at radius 3 is 1.02 bits per heavy atom. The zero-order chi connectivity index (χ0) is 82.9. The molecule has 0 saturated heterocycles. The van der Waals surface area contributed by atoms with Crippen LogP contribution in [0.3, 0.4) is 0 Å². The SMILES string of the molecule is c1ccc(-c2ccc(N(c3ccc(-c4ccccc4-n4c5ccccc5c5ccccc54)cc3)c3ccc4c(ccc5cc(-c6cccc7c6oc6ccc(-c8cccc(-c9ccc(N(c%10ccc(-c%11ccccc%11-n%11c%12ccccc%12c%12ccccc%12%11)cc%10)c%10ccc%11cc(-c%12cccc%13c%12oc%12ccccc%12%13)ccc%11c%10)cc9)c8)cc67)ccc54)c3)cc2)cc1. The molecule has 588 valence electrons. The zero-order valence-corrected chi connectivity index (χ0v) is 68.5.